The molecule has 1 saturated heterocycles. The molecule has 1 fully saturated rings. The number of likely N-dealkylation sites (tertiary alicyclic amines) is 1. The van der Waals surface area contributed by atoms with E-state index in [4.69, 9.17) is 5.26 Å². The molecule has 0 spiro atoms. The highest BCUT2D eigenvalue weighted by molar-refractivity contribution is 5.12. The first-order chi connectivity index (χ1) is 11.3. The second-order valence-electron chi connectivity index (χ2n) is 6.21. The number of nitriles is 2. The van der Waals surface area contributed by atoms with Crippen molar-refractivity contribution in [1.82, 2.24) is 14.5 Å². The van der Waals surface area contributed by atoms with Crippen molar-refractivity contribution in [1.29, 1.82) is 10.5 Å². The number of piperidine rings is 1. The fraction of sp³-hybridized carbons (Fsp3) is 0.688. The van der Waals surface area contributed by atoms with Crippen LogP contribution in [0.15, 0.2) is 6.20 Å². The number of hydrogen-bond donors (Lipinski definition) is 0. The van der Waals surface area contributed by atoms with Gasteiger partial charge in [-0.15, -0.1) is 0 Å². The molecule has 0 unspecified atom stereocenters. The predicted molar refractivity (Wildman–Crippen MR) is 80.6 cm³/mol. The number of halogens is 3. The van der Waals surface area contributed by atoms with Gasteiger partial charge in [0.1, 0.15) is 5.82 Å². The Morgan fingerprint density at radius 2 is 2.17 bits per heavy atom. The molecule has 2 rings (SSSR count). The third-order valence-corrected chi connectivity index (χ3v) is 4.34. The Morgan fingerprint density at radius 3 is 2.75 bits per heavy atom. The normalized spacial score (nSPS) is 20.3. The van der Waals surface area contributed by atoms with Gasteiger partial charge in [-0.25, -0.2) is 4.98 Å². The molecule has 8 heteroatoms. The van der Waals surface area contributed by atoms with Gasteiger partial charge in [0.2, 0.25) is 0 Å². The lowest BCUT2D eigenvalue weighted by molar-refractivity contribution is -0.141. The highest BCUT2D eigenvalue weighted by Gasteiger charge is 2.36. The number of aromatic nitrogens is 2. The summed E-state index contributed by atoms with van der Waals surface area (Å²) in [5.41, 5.74) is -0.860. The van der Waals surface area contributed by atoms with Crippen molar-refractivity contribution >= 4 is 0 Å². The minimum absolute atomic E-state index is 0.0739. The average molecular weight is 339 g/mol. The van der Waals surface area contributed by atoms with Crippen LogP contribution in [0.2, 0.25) is 0 Å². The predicted octanol–water partition coefficient (Wildman–Crippen LogP) is 3.06. The van der Waals surface area contributed by atoms with Gasteiger partial charge in [-0.05, 0) is 25.8 Å². The second kappa shape index (κ2) is 7.67. The molecule has 1 aliphatic rings. The van der Waals surface area contributed by atoms with E-state index in [1.807, 2.05) is 6.07 Å². The first-order valence-electron chi connectivity index (χ1n) is 7.94. The summed E-state index contributed by atoms with van der Waals surface area (Å²) in [7, 11) is 1.58. The van der Waals surface area contributed by atoms with Crippen molar-refractivity contribution < 1.29 is 13.2 Å². The summed E-state index contributed by atoms with van der Waals surface area (Å²) >= 11 is 0. The van der Waals surface area contributed by atoms with Crippen LogP contribution in [0.3, 0.4) is 0 Å². The van der Waals surface area contributed by atoms with Gasteiger partial charge in [0.25, 0.3) is 0 Å². The number of hydrogen-bond acceptors (Lipinski definition) is 4. The lowest BCUT2D eigenvalue weighted by Gasteiger charge is -2.33. The first-order valence-corrected chi connectivity index (χ1v) is 7.94. The highest BCUT2D eigenvalue weighted by atomic mass is 19.4. The maximum atomic E-state index is 12.8. The van der Waals surface area contributed by atoms with Crippen LogP contribution in [-0.4, -0.2) is 34.1 Å². The van der Waals surface area contributed by atoms with Crippen LogP contribution in [0.1, 0.15) is 43.1 Å². The molecule has 2 atom stereocenters. The largest absolute Gasteiger partial charge is 0.434 e. The molecule has 0 radical (unpaired) electrons. The summed E-state index contributed by atoms with van der Waals surface area (Å²) in [6, 6.07) is 4.25. The minimum Gasteiger partial charge on any atom is -0.337 e. The van der Waals surface area contributed by atoms with Crippen molar-refractivity contribution in [3.63, 3.8) is 0 Å². The van der Waals surface area contributed by atoms with Gasteiger partial charge in [-0.1, -0.05) is 0 Å². The third kappa shape index (κ3) is 4.48. The van der Waals surface area contributed by atoms with Crippen LogP contribution in [0.25, 0.3) is 0 Å². The van der Waals surface area contributed by atoms with E-state index in [-0.39, 0.29) is 11.8 Å². The maximum absolute atomic E-state index is 12.8. The SMILES string of the molecule is Cn1cc(C(F)(F)F)nc1[C@H]1CCCN(C[C@@H](C#N)CCC#N)C1. The summed E-state index contributed by atoms with van der Waals surface area (Å²) in [6.07, 6.45) is -0.908. The molecule has 130 valence electrons. The maximum Gasteiger partial charge on any atom is 0.434 e. The van der Waals surface area contributed by atoms with Gasteiger partial charge in [-0.3, -0.25) is 0 Å². The van der Waals surface area contributed by atoms with Gasteiger partial charge in [-0.2, -0.15) is 23.7 Å². The van der Waals surface area contributed by atoms with Crippen LogP contribution >= 0.6 is 0 Å². The molecule has 0 bridgehead atoms. The van der Waals surface area contributed by atoms with Crippen LogP contribution in [-0.2, 0) is 13.2 Å². The lowest BCUT2D eigenvalue weighted by Crippen LogP contribution is -2.38. The highest BCUT2D eigenvalue weighted by Crippen LogP contribution is 2.32. The van der Waals surface area contributed by atoms with E-state index in [9.17, 15) is 18.4 Å². The van der Waals surface area contributed by atoms with E-state index >= 15 is 0 Å². The molecule has 0 N–H and O–H groups in total. The zero-order valence-corrected chi connectivity index (χ0v) is 13.6. The molecular formula is C16H20F3N5. The third-order valence-electron chi connectivity index (χ3n) is 4.34. The van der Waals surface area contributed by atoms with Gasteiger partial charge in [0, 0.05) is 38.7 Å². The van der Waals surface area contributed by atoms with Crippen LogP contribution in [0, 0.1) is 28.6 Å². The van der Waals surface area contributed by atoms with Crippen LogP contribution in [0.4, 0.5) is 13.2 Å². The summed E-state index contributed by atoms with van der Waals surface area (Å²) in [4.78, 5) is 5.89. The summed E-state index contributed by atoms with van der Waals surface area (Å²) < 4.78 is 39.9. The molecule has 5 nitrogen and oxygen atoms in total. The molecule has 0 aliphatic carbocycles. The Hall–Kier alpha value is -2.06. The van der Waals surface area contributed by atoms with Crippen molar-refractivity contribution in [2.24, 2.45) is 13.0 Å². The van der Waals surface area contributed by atoms with Gasteiger partial charge >= 0.3 is 6.18 Å². The first kappa shape index (κ1) is 18.3. The number of alkyl halides is 3. The standard InChI is InChI=1S/C16H20F3N5/c1-23-11-14(16(17,18)19)22-15(23)13-5-3-7-24(10-13)9-12(8-21)4-2-6-20/h11-13H,2-5,7,9-10H2,1H3/t12-,13+/m1/s1. The Bertz CT molecular complexity index is 638. The quantitative estimate of drug-likeness (QED) is 0.827. The lowest BCUT2D eigenvalue weighted by atomic mass is 9.95. The fourth-order valence-corrected chi connectivity index (χ4v) is 3.18. The van der Waals surface area contributed by atoms with Gasteiger partial charge in [0.05, 0.1) is 18.1 Å². The summed E-state index contributed by atoms with van der Waals surface area (Å²) in [5, 5.41) is 17.8. The molecule has 0 amide bonds. The average Bonchev–Trinajstić information content (AvgIpc) is 2.94. The Morgan fingerprint density at radius 1 is 1.42 bits per heavy atom. The summed E-state index contributed by atoms with van der Waals surface area (Å²) in [5.74, 6) is 0.142. The molecule has 0 aromatic carbocycles. The molecule has 1 aromatic heterocycles. The van der Waals surface area contributed by atoms with Crippen molar-refractivity contribution in [2.75, 3.05) is 19.6 Å². The summed E-state index contributed by atoms with van der Waals surface area (Å²) in [6.45, 7) is 1.95. The molecule has 1 aliphatic heterocycles. The van der Waals surface area contributed by atoms with Gasteiger partial charge in [0.15, 0.2) is 5.69 Å². The van der Waals surface area contributed by atoms with E-state index in [1.54, 1.807) is 7.05 Å². The van der Waals surface area contributed by atoms with Crippen LogP contribution < -0.4 is 0 Å². The Kier molecular flexibility index (Phi) is 5.84. The fourth-order valence-electron chi connectivity index (χ4n) is 3.18. The van der Waals surface area contributed by atoms with E-state index in [2.05, 4.69) is 16.0 Å². The molecule has 1 aromatic rings. The van der Waals surface area contributed by atoms with E-state index < -0.39 is 11.9 Å². The van der Waals surface area contributed by atoms with Crippen LogP contribution in [0.5, 0.6) is 0 Å². The minimum atomic E-state index is -4.44. The monoisotopic (exact) mass is 339 g/mol. The number of rotatable bonds is 5. The molecular weight excluding hydrogens is 319 g/mol. The number of aryl methyl sites for hydroxylation is 1. The molecule has 0 saturated carbocycles. The Labute approximate surface area is 139 Å². The van der Waals surface area contributed by atoms with E-state index in [0.29, 0.717) is 31.8 Å². The smallest absolute Gasteiger partial charge is 0.337 e. The number of nitrogens with zero attached hydrogens (tertiary/aromatic N) is 5. The number of imidazole rings is 1. The van der Waals surface area contributed by atoms with Crippen molar-refractivity contribution in [3.8, 4) is 12.1 Å². The molecule has 24 heavy (non-hydrogen) atoms. The molecule has 2 heterocycles. The zero-order valence-electron chi connectivity index (χ0n) is 13.6. The van der Waals surface area contributed by atoms with E-state index in [1.165, 1.54) is 4.57 Å². The zero-order chi connectivity index (χ0) is 17.7. The topological polar surface area (TPSA) is 68.6 Å². The Balaban J connectivity index is 2.04. The van der Waals surface area contributed by atoms with Crippen molar-refractivity contribution in [2.45, 2.75) is 37.8 Å². The van der Waals surface area contributed by atoms with Gasteiger partial charge < -0.3 is 9.47 Å². The second-order valence-corrected chi connectivity index (χ2v) is 6.21. The van der Waals surface area contributed by atoms with Crippen molar-refractivity contribution in [3.05, 3.63) is 17.7 Å². The van der Waals surface area contributed by atoms with E-state index in [0.717, 1.165) is 25.6 Å².